The maximum absolute atomic E-state index is 11.2. The summed E-state index contributed by atoms with van der Waals surface area (Å²) in [6, 6.07) is 3.77. The van der Waals surface area contributed by atoms with Gasteiger partial charge in [0.15, 0.2) is 0 Å². The molecule has 0 saturated heterocycles. The number of nitro benzene ring substituents is 1. The second-order valence-corrected chi connectivity index (χ2v) is 4.23. The van der Waals surface area contributed by atoms with Gasteiger partial charge >= 0.3 is 12.0 Å². The first-order chi connectivity index (χ1) is 8.91. The lowest BCUT2D eigenvalue weighted by molar-refractivity contribution is -0.385. The van der Waals surface area contributed by atoms with E-state index in [4.69, 9.17) is 5.11 Å². The largest absolute Gasteiger partial charge is 0.480 e. The predicted octanol–water partition coefficient (Wildman–Crippen LogP) is 1.24. The van der Waals surface area contributed by atoms with Crippen LogP contribution in [0.15, 0.2) is 22.7 Å². The average molecular weight is 332 g/mol. The van der Waals surface area contributed by atoms with Crippen LogP contribution in [0, 0.1) is 10.1 Å². The third-order valence-electron chi connectivity index (χ3n) is 2.09. The number of nitro groups is 1. The molecule has 0 spiro atoms. The molecule has 0 aliphatic heterocycles. The second kappa shape index (κ2) is 6.69. The third kappa shape index (κ3) is 4.54. The number of amides is 2. The van der Waals surface area contributed by atoms with E-state index < -0.39 is 23.5 Å². The molecular formula is C10H10BrN3O5. The highest BCUT2D eigenvalue weighted by Gasteiger charge is 2.15. The highest BCUT2D eigenvalue weighted by Crippen LogP contribution is 2.27. The molecule has 0 unspecified atom stereocenters. The SMILES string of the molecule is O=C(O)CNC(=O)NCc1cccc([N+](=O)[O-])c1Br. The Morgan fingerprint density at radius 3 is 2.63 bits per heavy atom. The van der Waals surface area contributed by atoms with Crippen LogP contribution in [0.2, 0.25) is 0 Å². The van der Waals surface area contributed by atoms with Crippen molar-refractivity contribution in [1.82, 2.24) is 10.6 Å². The van der Waals surface area contributed by atoms with Crippen LogP contribution in [0.5, 0.6) is 0 Å². The van der Waals surface area contributed by atoms with Crippen LogP contribution < -0.4 is 10.6 Å². The molecule has 19 heavy (non-hydrogen) atoms. The maximum Gasteiger partial charge on any atom is 0.323 e. The van der Waals surface area contributed by atoms with Crippen molar-refractivity contribution in [1.29, 1.82) is 0 Å². The fourth-order valence-corrected chi connectivity index (χ4v) is 1.79. The van der Waals surface area contributed by atoms with Gasteiger partial charge in [0.1, 0.15) is 11.0 Å². The number of hydrogen-bond donors (Lipinski definition) is 3. The van der Waals surface area contributed by atoms with Gasteiger partial charge in [0, 0.05) is 12.6 Å². The summed E-state index contributed by atoms with van der Waals surface area (Å²) < 4.78 is 0.276. The van der Waals surface area contributed by atoms with Gasteiger partial charge in [-0.25, -0.2) is 4.79 Å². The van der Waals surface area contributed by atoms with E-state index in [1.54, 1.807) is 6.07 Å². The number of benzene rings is 1. The Morgan fingerprint density at radius 1 is 1.37 bits per heavy atom. The number of aliphatic carboxylic acids is 1. The fourth-order valence-electron chi connectivity index (χ4n) is 1.24. The van der Waals surface area contributed by atoms with E-state index in [9.17, 15) is 19.7 Å². The highest BCUT2D eigenvalue weighted by molar-refractivity contribution is 9.10. The van der Waals surface area contributed by atoms with Gasteiger partial charge in [-0.05, 0) is 21.5 Å². The van der Waals surface area contributed by atoms with Crippen LogP contribution in [0.1, 0.15) is 5.56 Å². The number of halogens is 1. The molecule has 0 radical (unpaired) electrons. The minimum atomic E-state index is -1.16. The standard InChI is InChI=1S/C10H10BrN3O5/c11-9-6(2-1-3-7(9)14(18)19)4-12-10(17)13-5-8(15)16/h1-3H,4-5H2,(H,15,16)(H2,12,13,17). The second-order valence-electron chi connectivity index (χ2n) is 3.44. The molecular weight excluding hydrogens is 322 g/mol. The Kier molecular flexibility index (Phi) is 5.24. The van der Waals surface area contributed by atoms with Crippen LogP contribution in [0.3, 0.4) is 0 Å². The molecule has 102 valence electrons. The number of rotatable bonds is 5. The molecule has 0 aromatic heterocycles. The van der Waals surface area contributed by atoms with Gasteiger partial charge in [-0.1, -0.05) is 12.1 Å². The van der Waals surface area contributed by atoms with Crippen molar-refractivity contribution in [2.45, 2.75) is 6.54 Å². The van der Waals surface area contributed by atoms with Gasteiger partial charge in [-0.3, -0.25) is 14.9 Å². The number of urea groups is 1. The fraction of sp³-hybridized carbons (Fsp3) is 0.200. The lowest BCUT2D eigenvalue weighted by Gasteiger charge is -2.07. The number of nitrogens with one attached hydrogen (secondary N) is 2. The predicted molar refractivity (Wildman–Crippen MR) is 68.7 cm³/mol. The Hall–Kier alpha value is -2.16. The van der Waals surface area contributed by atoms with E-state index in [-0.39, 0.29) is 16.7 Å². The molecule has 9 heteroatoms. The van der Waals surface area contributed by atoms with Crippen LogP contribution >= 0.6 is 15.9 Å². The number of nitrogens with zero attached hydrogens (tertiary/aromatic N) is 1. The Balaban J connectivity index is 2.63. The van der Waals surface area contributed by atoms with Crippen LogP contribution in [-0.4, -0.2) is 28.6 Å². The topological polar surface area (TPSA) is 122 Å². The number of carboxylic acid groups (broad SMARTS) is 1. The summed E-state index contributed by atoms with van der Waals surface area (Å²) in [7, 11) is 0. The molecule has 0 aliphatic rings. The molecule has 1 rings (SSSR count). The molecule has 3 N–H and O–H groups in total. The summed E-state index contributed by atoms with van der Waals surface area (Å²) in [5.41, 5.74) is 0.407. The lowest BCUT2D eigenvalue weighted by Crippen LogP contribution is -2.38. The zero-order chi connectivity index (χ0) is 14.4. The van der Waals surface area contributed by atoms with Gasteiger partial charge in [0.25, 0.3) is 5.69 Å². The van der Waals surface area contributed by atoms with Gasteiger partial charge < -0.3 is 15.7 Å². The normalized spacial score (nSPS) is 9.74. The van der Waals surface area contributed by atoms with E-state index in [1.807, 2.05) is 0 Å². The molecule has 0 aliphatic carbocycles. The summed E-state index contributed by atoms with van der Waals surface area (Å²) in [5, 5.41) is 23.6. The minimum Gasteiger partial charge on any atom is -0.480 e. The summed E-state index contributed by atoms with van der Waals surface area (Å²) >= 11 is 3.09. The lowest BCUT2D eigenvalue weighted by atomic mass is 10.2. The molecule has 8 nitrogen and oxygen atoms in total. The highest BCUT2D eigenvalue weighted by atomic mass is 79.9. The number of carboxylic acids is 1. The van der Waals surface area contributed by atoms with Crippen molar-refractivity contribution in [2.75, 3.05) is 6.54 Å². The molecule has 0 heterocycles. The first-order valence-corrected chi connectivity index (χ1v) is 5.86. The van der Waals surface area contributed by atoms with Gasteiger partial charge in [0.2, 0.25) is 0 Å². The van der Waals surface area contributed by atoms with Crippen molar-refractivity contribution < 1.29 is 19.6 Å². The summed E-state index contributed by atoms with van der Waals surface area (Å²) in [5.74, 6) is -1.16. The molecule has 1 aromatic rings. The van der Waals surface area contributed by atoms with Crippen LogP contribution in [-0.2, 0) is 11.3 Å². The van der Waals surface area contributed by atoms with Gasteiger partial charge in [-0.2, -0.15) is 0 Å². The Bertz CT molecular complexity index is 520. The molecule has 0 bridgehead atoms. The summed E-state index contributed by atoms with van der Waals surface area (Å²) in [4.78, 5) is 31.6. The molecule has 0 atom stereocenters. The van der Waals surface area contributed by atoms with E-state index in [2.05, 4.69) is 26.6 Å². The quantitative estimate of drug-likeness (QED) is 0.553. The van der Waals surface area contributed by atoms with E-state index in [0.29, 0.717) is 5.56 Å². The van der Waals surface area contributed by atoms with E-state index in [1.165, 1.54) is 12.1 Å². The zero-order valence-electron chi connectivity index (χ0n) is 9.55. The molecule has 1 aromatic carbocycles. The molecule has 2 amide bonds. The Morgan fingerprint density at radius 2 is 2.05 bits per heavy atom. The first-order valence-electron chi connectivity index (χ1n) is 5.07. The van der Waals surface area contributed by atoms with Crippen molar-refractivity contribution in [2.24, 2.45) is 0 Å². The van der Waals surface area contributed by atoms with Crippen molar-refractivity contribution in [3.63, 3.8) is 0 Å². The number of carbonyl (C=O) groups is 2. The minimum absolute atomic E-state index is 0.0354. The van der Waals surface area contributed by atoms with Crippen molar-refractivity contribution in [3.8, 4) is 0 Å². The first kappa shape index (κ1) is 14.9. The smallest absolute Gasteiger partial charge is 0.323 e. The molecule has 0 fully saturated rings. The van der Waals surface area contributed by atoms with Crippen LogP contribution in [0.25, 0.3) is 0 Å². The van der Waals surface area contributed by atoms with E-state index >= 15 is 0 Å². The number of carbonyl (C=O) groups excluding carboxylic acids is 1. The Labute approximate surface area is 116 Å². The monoisotopic (exact) mass is 331 g/mol. The maximum atomic E-state index is 11.2. The number of hydrogen-bond acceptors (Lipinski definition) is 4. The van der Waals surface area contributed by atoms with Crippen LogP contribution in [0.4, 0.5) is 10.5 Å². The van der Waals surface area contributed by atoms with Gasteiger partial charge in [-0.15, -0.1) is 0 Å². The average Bonchev–Trinajstić information content (AvgIpc) is 2.34. The zero-order valence-corrected chi connectivity index (χ0v) is 11.1. The van der Waals surface area contributed by atoms with Gasteiger partial charge in [0.05, 0.1) is 4.92 Å². The van der Waals surface area contributed by atoms with Crippen molar-refractivity contribution in [3.05, 3.63) is 38.3 Å². The third-order valence-corrected chi connectivity index (χ3v) is 3.01. The summed E-state index contributed by atoms with van der Waals surface area (Å²) in [6.45, 7) is -0.463. The molecule has 0 saturated carbocycles. The van der Waals surface area contributed by atoms with Crippen molar-refractivity contribution >= 4 is 33.6 Å². The van der Waals surface area contributed by atoms with E-state index in [0.717, 1.165) is 0 Å². The summed E-state index contributed by atoms with van der Waals surface area (Å²) in [6.07, 6.45) is 0.